The van der Waals surface area contributed by atoms with E-state index in [1.54, 1.807) is 23.1 Å². The lowest BCUT2D eigenvalue weighted by Crippen LogP contribution is -2.54. The Morgan fingerprint density at radius 2 is 1.63 bits per heavy atom. The number of rotatable bonds is 2. The zero-order valence-electron chi connectivity index (χ0n) is 14.7. The van der Waals surface area contributed by atoms with Crippen LogP contribution < -0.4 is 4.90 Å². The summed E-state index contributed by atoms with van der Waals surface area (Å²) in [7, 11) is 0. The Labute approximate surface area is 154 Å². The number of hydrogen-bond acceptors (Lipinski definition) is 3. The van der Waals surface area contributed by atoms with Crippen molar-refractivity contribution in [3.63, 3.8) is 0 Å². The van der Waals surface area contributed by atoms with Gasteiger partial charge in [0.05, 0.1) is 11.6 Å². The Morgan fingerprint density at radius 3 is 2.26 bits per heavy atom. The standard InChI is InChI=1S/C18H21F4N3O2/c19-14-5-1-2-6-15(14)23-8-10-24(11-9-23)16(26)13-4-3-7-25(12-13)17(27)18(20,21)22/h1-2,5-6,13H,3-4,7-12H2. The van der Waals surface area contributed by atoms with Crippen molar-refractivity contribution in [3.05, 3.63) is 30.1 Å². The Hall–Kier alpha value is -2.32. The molecule has 0 N–H and O–H groups in total. The van der Waals surface area contributed by atoms with Crippen molar-refractivity contribution in [1.82, 2.24) is 9.80 Å². The van der Waals surface area contributed by atoms with Gasteiger partial charge in [0.2, 0.25) is 5.91 Å². The molecular weight excluding hydrogens is 366 g/mol. The maximum absolute atomic E-state index is 13.9. The summed E-state index contributed by atoms with van der Waals surface area (Å²) < 4.78 is 51.8. The molecule has 1 unspecified atom stereocenters. The molecule has 2 aliphatic rings. The smallest absolute Gasteiger partial charge is 0.366 e. The molecule has 9 heteroatoms. The second-order valence-corrected chi connectivity index (χ2v) is 6.85. The van der Waals surface area contributed by atoms with Crippen LogP contribution >= 0.6 is 0 Å². The normalized spacial score (nSPS) is 21.3. The molecule has 3 rings (SSSR count). The fraction of sp³-hybridized carbons (Fsp3) is 0.556. The summed E-state index contributed by atoms with van der Waals surface area (Å²) in [4.78, 5) is 28.3. The third kappa shape index (κ3) is 4.33. The minimum Gasteiger partial charge on any atom is -0.366 e. The summed E-state index contributed by atoms with van der Waals surface area (Å²) in [5.41, 5.74) is 0.476. The molecule has 2 saturated heterocycles. The van der Waals surface area contributed by atoms with Gasteiger partial charge in [-0.25, -0.2) is 4.39 Å². The number of piperazine rings is 1. The number of para-hydroxylation sites is 1. The molecule has 1 atom stereocenters. The quantitative estimate of drug-likeness (QED) is 0.732. The van der Waals surface area contributed by atoms with Crippen molar-refractivity contribution < 1.29 is 27.2 Å². The molecule has 2 aliphatic heterocycles. The Bertz CT molecular complexity index is 702. The fourth-order valence-electron chi connectivity index (χ4n) is 3.68. The molecule has 2 fully saturated rings. The minimum atomic E-state index is -4.92. The lowest BCUT2D eigenvalue weighted by Gasteiger charge is -2.39. The van der Waals surface area contributed by atoms with Crippen LogP contribution in [0.25, 0.3) is 0 Å². The highest BCUT2D eigenvalue weighted by Crippen LogP contribution is 2.26. The number of hydrogen-bond donors (Lipinski definition) is 0. The van der Waals surface area contributed by atoms with Crippen molar-refractivity contribution in [2.75, 3.05) is 44.2 Å². The molecule has 2 heterocycles. The molecule has 0 spiro atoms. The van der Waals surface area contributed by atoms with Gasteiger partial charge >= 0.3 is 12.1 Å². The van der Waals surface area contributed by atoms with E-state index < -0.39 is 18.0 Å². The summed E-state index contributed by atoms with van der Waals surface area (Å²) in [6.07, 6.45) is -4.09. The molecule has 2 amide bonds. The molecule has 0 saturated carbocycles. The minimum absolute atomic E-state index is 0.0170. The summed E-state index contributed by atoms with van der Waals surface area (Å²) in [5.74, 6) is -3.07. The van der Waals surface area contributed by atoms with Gasteiger partial charge in [-0.1, -0.05) is 12.1 Å². The second kappa shape index (κ2) is 7.74. The second-order valence-electron chi connectivity index (χ2n) is 6.85. The highest BCUT2D eigenvalue weighted by Gasteiger charge is 2.44. The molecule has 1 aromatic carbocycles. The third-order valence-corrected chi connectivity index (χ3v) is 5.08. The van der Waals surface area contributed by atoms with Gasteiger partial charge in [-0.15, -0.1) is 0 Å². The SMILES string of the molecule is O=C(C1CCCN(C(=O)C(F)(F)F)C1)N1CCN(c2ccccc2F)CC1. The van der Waals surface area contributed by atoms with E-state index in [1.807, 2.05) is 4.90 Å². The number of anilines is 1. The number of nitrogens with zero attached hydrogens (tertiary/aromatic N) is 3. The van der Waals surface area contributed by atoms with Crippen molar-refractivity contribution >= 4 is 17.5 Å². The lowest BCUT2D eigenvalue weighted by molar-refractivity contribution is -0.187. The summed E-state index contributed by atoms with van der Waals surface area (Å²) >= 11 is 0. The zero-order valence-corrected chi connectivity index (χ0v) is 14.7. The summed E-state index contributed by atoms with van der Waals surface area (Å²) in [6, 6.07) is 6.40. The van der Waals surface area contributed by atoms with Crippen LogP contribution in [0.15, 0.2) is 24.3 Å². The van der Waals surface area contributed by atoms with Crippen molar-refractivity contribution in [2.24, 2.45) is 5.92 Å². The number of benzene rings is 1. The number of piperidine rings is 1. The van der Waals surface area contributed by atoms with Gasteiger partial charge < -0.3 is 14.7 Å². The van der Waals surface area contributed by atoms with E-state index >= 15 is 0 Å². The van der Waals surface area contributed by atoms with E-state index in [1.165, 1.54) is 6.07 Å². The predicted octanol–water partition coefficient (Wildman–Crippen LogP) is 2.28. The molecule has 0 aliphatic carbocycles. The van der Waals surface area contributed by atoms with E-state index in [0.29, 0.717) is 44.7 Å². The first-order valence-electron chi connectivity index (χ1n) is 8.91. The van der Waals surface area contributed by atoms with Gasteiger partial charge in [-0.3, -0.25) is 9.59 Å². The number of likely N-dealkylation sites (tertiary alicyclic amines) is 1. The van der Waals surface area contributed by atoms with Crippen LogP contribution in [0.1, 0.15) is 12.8 Å². The lowest BCUT2D eigenvalue weighted by atomic mass is 9.96. The number of amides is 2. The Kier molecular flexibility index (Phi) is 5.57. The summed E-state index contributed by atoms with van der Waals surface area (Å²) in [5, 5.41) is 0. The molecule has 0 aromatic heterocycles. The highest BCUT2D eigenvalue weighted by molar-refractivity contribution is 5.84. The molecule has 1 aromatic rings. The average molecular weight is 387 g/mol. The Balaban J connectivity index is 1.57. The van der Waals surface area contributed by atoms with Gasteiger partial charge in [0.15, 0.2) is 0 Å². The molecule has 0 bridgehead atoms. The van der Waals surface area contributed by atoms with Gasteiger partial charge in [0.25, 0.3) is 0 Å². The zero-order chi connectivity index (χ0) is 19.6. The molecule has 0 radical (unpaired) electrons. The Morgan fingerprint density at radius 1 is 0.963 bits per heavy atom. The monoisotopic (exact) mass is 387 g/mol. The highest BCUT2D eigenvalue weighted by atomic mass is 19.4. The van der Waals surface area contributed by atoms with Crippen LogP contribution in [-0.2, 0) is 9.59 Å². The van der Waals surface area contributed by atoms with Crippen LogP contribution in [0.5, 0.6) is 0 Å². The maximum Gasteiger partial charge on any atom is 0.471 e. The van der Waals surface area contributed by atoms with E-state index in [9.17, 15) is 27.2 Å². The van der Waals surface area contributed by atoms with Crippen molar-refractivity contribution in [2.45, 2.75) is 19.0 Å². The first kappa shape index (κ1) is 19.4. The van der Waals surface area contributed by atoms with Crippen LogP contribution in [-0.4, -0.2) is 67.1 Å². The van der Waals surface area contributed by atoms with Crippen molar-refractivity contribution in [3.8, 4) is 0 Å². The first-order chi connectivity index (χ1) is 12.8. The molecule has 5 nitrogen and oxygen atoms in total. The largest absolute Gasteiger partial charge is 0.471 e. The van der Waals surface area contributed by atoms with Crippen LogP contribution in [0, 0.1) is 11.7 Å². The topological polar surface area (TPSA) is 43.9 Å². The van der Waals surface area contributed by atoms with E-state index in [0.717, 1.165) is 4.90 Å². The van der Waals surface area contributed by atoms with E-state index in [2.05, 4.69) is 0 Å². The number of carbonyl (C=O) groups excluding carboxylic acids is 2. The van der Waals surface area contributed by atoms with Gasteiger partial charge in [-0.2, -0.15) is 13.2 Å². The van der Waals surface area contributed by atoms with Crippen molar-refractivity contribution in [1.29, 1.82) is 0 Å². The van der Waals surface area contributed by atoms with E-state index in [4.69, 9.17) is 0 Å². The van der Waals surface area contributed by atoms with Gasteiger partial charge in [0, 0.05) is 39.3 Å². The van der Waals surface area contributed by atoms with Gasteiger partial charge in [-0.05, 0) is 25.0 Å². The van der Waals surface area contributed by atoms with Crippen LogP contribution in [0.4, 0.5) is 23.2 Å². The molecular formula is C18H21F4N3O2. The number of halogens is 4. The number of carbonyl (C=O) groups is 2. The maximum atomic E-state index is 13.9. The predicted molar refractivity (Wildman–Crippen MR) is 90.6 cm³/mol. The fourth-order valence-corrected chi connectivity index (χ4v) is 3.68. The van der Waals surface area contributed by atoms with E-state index in [-0.39, 0.29) is 24.8 Å². The molecule has 27 heavy (non-hydrogen) atoms. The summed E-state index contributed by atoms with van der Waals surface area (Å²) in [6.45, 7) is 1.46. The molecule has 148 valence electrons. The van der Waals surface area contributed by atoms with Crippen LogP contribution in [0.3, 0.4) is 0 Å². The average Bonchev–Trinajstić information content (AvgIpc) is 2.67. The van der Waals surface area contributed by atoms with Gasteiger partial charge in [0.1, 0.15) is 5.82 Å². The van der Waals surface area contributed by atoms with Crippen LogP contribution in [0.2, 0.25) is 0 Å². The third-order valence-electron chi connectivity index (χ3n) is 5.08. The first-order valence-corrected chi connectivity index (χ1v) is 8.91. The number of alkyl halides is 3.